The quantitative estimate of drug-likeness (QED) is 0.417. The van der Waals surface area contributed by atoms with E-state index < -0.39 is 6.09 Å². The van der Waals surface area contributed by atoms with E-state index in [0.717, 1.165) is 29.7 Å². The summed E-state index contributed by atoms with van der Waals surface area (Å²) >= 11 is 0. The Hall–Kier alpha value is -3.35. The van der Waals surface area contributed by atoms with Crippen LogP contribution in [0.1, 0.15) is 47.2 Å². The van der Waals surface area contributed by atoms with Crippen molar-refractivity contribution in [1.29, 1.82) is 0 Å². The molecule has 1 saturated carbocycles. The molecule has 1 aliphatic carbocycles. The summed E-state index contributed by atoms with van der Waals surface area (Å²) in [7, 11) is 0. The summed E-state index contributed by atoms with van der Waals surface area (Å²) < 4.78 is 5.23. The minimum Gasteiger partial charge on any atom is -0.444 e. The first-order valence-corrected chi connectivity index (χ1v) is 10.7. The number of carbonyl (C=O) groups is 2. The lowest BCUT2D eigenvalue weighted by Crippen LogP contribution is -2.22. The van der Waals surface area contributed by atoms with Crippen LogP contribution in [0.15, 0.2) is 78.9 Å². The van der Waals surface area contributed by atoms with Crippen LogP contribution in [0.2, 0.25) is 0 Å². The van der Waals surface area contributed by atoms with Crippen LogP contribution in [-0.4, -0.2) is 17.5 Å². The number of halogens is 1. The van der Waals surface area contributed by atoms with Crippen molar-refractivity contribution in [2.75, 3.05) is 10.6 Å². The number of anilines is 2. The Labute approximate surface area is 199 Å². The van der Waals surface area contributed by atoms with Crippen molar-refractivity contribution in [1.82, 2.24) is 0 Å². The number of hydrogen-bond donors (Lipinski definition) is 3. The maximum atomic E-state index is 12.8. The predicted octanol–water partition coefficient (Wildman–Crippen LogP) is 5.70. The molecule has 2 atom stereocenters. The summed E-state index contributed by atoms with van der Waals surface area (Å²) in [5.74, 6) is 0.0764. The van der Waals surface area contributed by atoms with Crippen LogP contribution < -0.4 is 16.4 Å². The summed E-state index contributed by atoms with van der Waals surface area (Å²) in [5, 5.41) is 5.59. The molecular weight excluding hydrogens is 438 g/mol. The monoisotopic (exact) mass is 465 g/mol. The van der Waals surface area contributed by atoms with Gasteiger partial charge < -0.3 is 15.8 Å². The highest BCUT2D eigenvalue weighted by Crippen LogP contribution is 2.51. The van der Waals surface area contributed by atoms with Gasteiger partial charge in [-0.25, -0.2) is 4.79 Å². The van der Waals surface area contributed by atoms with Gasteiger partial charge >= 0.3 is 6.09 Å². The zero-order valence-electron chi connectivity index (χ0n) is 18.4. The predicted molar refractivity (Wildman–Crippen MR) is 133 cm³/mol. The van der Waals surface area contributed by atoms with E-state index in [2.05, 4.69) is 23.6 Å². The van der Waals surface area contributed by atoms with Gasteiger partial charge in [0.15, 0.2) is 0 Å². The van der Waals surface area contributed by atoms with Crippen LogP contribution in [0.4, 0.5) is 16.2 Å². The molecule has 0 heterocycles. The highest BCUT2D eigenvalue weighted by molar-refractivity contribution is 6.05. The number of amides is 2. The summed E-state index contributed by atoms with van der Waals surface area (Å²) in [5.41, 5.74) is 9.90. The van der Waals surface area contributed by atoms with Gasteiger partial charge in [-0.1, -0.05) is 55.5 Å². The van der Waals surface area contributed by atoms with Crippen molar-refractivity contribution in [2.24, 2.45) is 5.73 Å². The average molecular weight is 466 g/mol. The number of rotatable bonds is 7. The van der Waals surface area contributed by atoms with Gasteiger partial charge in [-0.3, -0.25) is 10.1 Å². The number of ether oxygens (including phenoxy) is 1. The third kappa shape index (κ3) is 6.12. The van der Waals surface area contributed by atoms with Crippen LogP contribution in [0.3, 0.4) is 0 Å². The molecule has 0 bridgehead atoms. The second-order valence-corrected chi connectivity index (χ2v) is 8.19. The normalized spacial score (nSPS) is 18.5. The van der Waals surface area contributed by atoms with E-state index >= 15 is 0 Å². The molecule has 7 heteroatoms. The molecule has 1 aliphatic rings. The molecule has 0 radical (unpaired) electrons. The number of carbonyl (C=O) groups excluding carboxylic acids is 2. The zero-order valence-corrected chi connectivity index (χ0v) is 19.2. The lowest BCUT2D eigenvalue weighted by Gasteiger charge is -2.11. The van der Waals surface area contributed by atoms with Gasteiger partial charge in [-0.05, 0) is 54.3 Å². The van der Waals surface area contributed by atoms with Crippen molar-refractivity contribution < 1.29 is 14.3 Å². The first kappa shape index (κ1) is 24.3. The van der Waals surface area contributed by atoms with Crippen LogP contribution in [-0.2, 0) is 11.3 Å². The Bertz CT molecular complexity index is 1120. The molecule has 4 N–H and O–H groups in total. The molecule has 0 aliphatic heterocycles. The van der Waals surface area contributed by atoms with E-state index in [1.54, 1.807) is 24.3 Å². The summed E-state index contributed by atoms with van der Waals surface area (Å²) in [4.78, 5) is 24.9. The van der Waals surface area contributed by atoms with Gasteiger partial charge in [0.2, 0.25) is 0 Å². The minimum atomic E-state index is -0.579. The molecule has 3 aromatic rings. The topological polar surface area (TPSA) is 93.5 Å². The molecule has 172 valence electrons. The van der Waals surface area contributed by atoms with Crippen molar-refractivity contribution in [3.63, 3.8) is 0 Å². The van der Waals surface area contributed by atoms with E-state index in [9.17, 15) is 9.59 Å². The molecule has 2 unspecified atom stereocenters. The molecule has 0 spiro atoms. The molecule has 3 aromatic carbocycles. The smallest absolute Gasteiger partial charge is 0.411 e. The van der Waals surface area contributed by atoms with E-state index in [0.29, 0.717) is 17.2 Å². The second-order valence-electron chi connectivity index (χ2n) is 8.19. The van der Waals surface area contributed by atoms with Crippen LogP contribution in [0.25, 0.3) is 0 Å². The SMILES string of the molecule is CCC1(N)CC1c1cccc(NC(=O)c2cccc(NC(=O)OCc3ccccc3)c2)c1.Cl. The first-order valence-electron chi connectivity index (χ1n) is 10.7. The fourth-order valence-electron chi connectivity index (χ4n) is 3.81. The Morgan fingerprint density at radius 3 is 2.36 bits per heavy atom. The Balaban J connectivity index is 0.00000306. The Morgan fingerprint density at radius 1 is 0.970 bits per heavy atom. The van der Waals surface area contributed by atoms with Gasteiger partial charge in [0.05, 0.1) is 0 Å². The highest BCUT2D eigenvalue weighted by Gasteiger charge is 2.50. The average Bonchev–Trinajstić information content (AvgIpc) is 3.51. The second kappa shape index (κ2) is 10.5. The molecule has 0 aromatic heterocycles. The van der Waals surface area contributed by atoms with E-state index in [4.69, 9.17) is 10.5 Å². The van der Waals surface area contributed by atoms with Gasteiger partial charge in [-0.15, -0.1) is 12.4 Å². The van der Waals surface area contributed by atoms with E-state index in [-0.39, 0.29) is 30.5 Å². The molecule has 1 fully saturated rings. The Morgan fingerprint density at radius 2 is 1.67 bits per heavy atom. The number of nitrogens with two attached hydrogens (primary N) is 1. The molecule has 4 rings (SSSR count). The fraction of sp³-hybridized carbons (Fsp3) is 0.231. The highest BCUT2D eigenvalue weighted by atomic mass is 35.5. The number of benzene rings is 3. The van der Waals surface area contributed by atoms with Crippen LogP contribution in [0.5, 0.6) is 0 Å². The van der Waals surface area contributed by atoms with Crippen molar-refractivity contribution in [2.45, 2.75) is 37.8 Å². The third-order valence-electron chi connectivity index (χ3n) is 5.91. The van der Waals surface area contributed by atoms with Crippen LogP contribution in [0, 0.1) is 0 Å². The number of hydrogen-bond acceptors (Lipinski definition) is 4. The molecule has 33 heavy (non-hydrogen) atoms. The number of nitrogens with one attached hydrogen (secondary N) is 2. The lowest BCUT2D eigenvalue weighted by molar-refractivity contribution is 0.102. The van der Waals surface area contributed by atoms with Gasteiger partial charge in [0.1, 0.15) is 6.61 Å². The maximum Gasteiger partial charge on any atom is 0.411 e. The molecular formula is C26H28ClN3O3. The Kier molecular flexibility index (Phi) is 7.74. The largest absolute Gasteiger partial charge is 0.444 e. The lowest BCUT2D eigenvalue weighted by atomic mass is 10.0. The van der Waals surface area contributed by atoms with Crippen LogP contribution >= 0.6 is 12.4 Å². The maximum absolute atomic E-state index is 12.8. The van der Waals surface area contributed by atoms with Gasteiger partial charge in [0, 0.05) is 28.4 Å². The minimum absolute atomic E-state index is 0. The summed E-state index contributed by atoms with van der Waals surface area (Å²) in [6, 6.07) is 24.0. The van der Waals surface area contributed by atoms with E-state index in [1.807, 2.05) is 48.5 Å². The molecule has 0 saturated heterocycles. The standard InChI is InChI=1S/C26H27N3O3.ClH/c1-2-26(27)16-23(26)19-10-6-12-21(14-19)28-24(30)20-11-7-13-22(15-20)29-25(31)32-17-18-8-4-3-5-9-18;/h3-15,23H,2,16-17,27H2,1H3,(H,28,30)(H,29,31);1H. The zero-order chi connectivity index (χ0) is 22.6. The van der Waals surface area contributed by atoms with Crippen molar-refractivity contribution >= 4 is 35.8 Å². The molecule has 2 amide bonds. The van der Waals surface area contributed by atoms with Gasteiger partial charge in [0.25, 0.3) is 5.91 Å². The summed E-state index contributed by atoms with van der Waals surface area (Å²) in [6.45, 7) is 2.27. The van der Waals surface area contributed by atoms with Crippen molar-refractivity contribution in [3.05, 3.63) is 95.6 Å². The van der Waals surface area contributed by atoms with Crippen molar-refractivity contribution in [3.8, 4) is 0 Å². The fourth-order valence-corrected chi connectivity index (χ4v) is 3.81. The van der Waals surface area contributed by atoms with E-state index in [1.165, 1.54) is 0 Å². The summed E-state index contributed by atoms with van der Waals surface area (Å²) in [6.07, 6.45) is 1.32. The van der Waals surface area contributed by atoms with Gasteiger partial charge in [-0.2, -0.15) is 0 Å². The first-order chi connectivity index (χ1) is 15.5. The molecule has 6 nitrogen and oxygen atoms in total. The third-order valence-corrected chi connectivity index (χ3v) is 5.91.